The van der Waals surface area contributed by atoms with Crippen LogP contribution in [0.25, 0.3) is 0 Å². The van der Waals surface area contributed by atoms with Gasteiger partial charge in [0, 0.05) is 5.54 Å². The van der Waals surface area contributed by atoms with Gasteiger partial charge in [-0.2, -0.15) is 0 Å². The lowest BCUT2D eigenvalue weighted by Crippen LogP contribution is -2.47. The molecule has 0 aliphatic carbocycles. The molecule has 1 unspecified atom stereocenters. The number of rotatable bonds is 15. The van der Waals surface area contributed by atoms with E-state index in [-0.39, 0.29) is 17.9 Å². The van der Waals surface area contributed by atoms with Gasteiger partial charge in [0.15, 0.2) is 0 Å². The number of halogens is 1. The molecule has 0 saturated heterocycles. The van der Waals surface area contributed by atoms with Crippen LogP contribution in [0.15, 0.2) is 0 Å². The zero-order valence-electron chi connectivity index (χ0n) is 16.0. The summed E-state index contributed by atoms with van der Waals surface area (Å²) in [6.45, 7) is 9.19. The first-order valence-corrected chi connectivity index (χ1v) is 9.93. The standard InChI is InChI=1S/C20H43N.ClH/c1-5-9-13-14-16-19(15-10-6-2)20(21,17-11-7-3)18-12-8-4;/h19H,5-18,21H2,1-4H3;1H. The van der Waals surface area contributed by atoms with Gasteiger partial charge in [-0.05, 0) is 31.6 Å². The molecular formula is C20H44ClN. The van der Waals surface area contributed by atoms with E-state index in [1.807, 2.05) is 0 Å². The summed E-state index contributed by atoms with van der Waals surface area (Å²) < 4.78 is 0. The number of unbranched alkanes of at least 4 members (excludes halogenated alkanes) is 6. The third kappa shape index (κ3) is 10.9. The highest BCUT2D eigenvalue weighted by Gasteiger charge is 2.32. The van der Waals surface area contributed by atoms with Crippen LogP contribution in [-0.2, 0) is 0 Å². The predicted octanol–water partition coefficient (Wildman–Crippen LogP) is 7.26. The topological polar surface area (TPSA) is 26.0 Å². The van der Waals surface area contributed by atoms with Gasteiger partial charge in [0.1, 0.15) is 0 Å². The third-order valence-electron chi connectivity index (χ3n) is 5.12. The van der Waals surface area contributed by atoms with Gasteiger partial charge in [-0.3, -0.25) is 0 Å². The summed E-state index contributed by atoms with van der Waals surface area (Å²) >= 11 is 0. The van der Waals surface area contributed by atoms with Crippen LogP contribution in [-0.4, -0.2) is 5.54 Å². The van der Waals surface area contributed by atoms with Crippen molar-refractivity contribution in [2.45, 2.75) is 123 Å². The van der Waals surface area contributed by atoms with Gasteiger partial charge in [-0.15, -0.1) is 12.4 Å². The molecule has 0 rings (SSSR count). The van der Waals surface area contributed by atoms with E-state index in [0.29, 0.717) is 0 Å². The fourth-order valence-electron chi connectivity index (χ4n) is 3.53. The van der Waals surface area contributed by atoms with Crippen molar-refractivity contribution in [3.63, 3.8) is 0 Å². The maximum absolute atomic E-state index is 6.97. The van der Waals surface area contributed by atoms with Gasteiger partial charge in [0.25, 0.3) is 0 Å². The van der Waals surface area contributed by atoms with Gasteiger partial charge in [0.2, 0.25) is 0 Å². The van der Waals surface area contributed by atoms with Crippen LogP contribution in [0.4, 0.5) is 0 Å². The lowest BCUT2D eigenvalue weighted by molar-refractivity contribution is 0.193. The van der Waals surface area contributed by atoms with E-state index >= 15 is 0 Å². The molecule has 0 heterocycles. The lowest BCUT2D eigenvalue weighted by Gasteiger charge is -2.38. The Morgan fingerprint density at radius 3 is 1.55 bits per heavy atom. The second kappa shape index (κ2) is 16.1. The van der Waals surface area contributed by atoms with Gasteiger partial charge < -0.3 is 5.73 Å². The predicted molar refractivity (Wildman–Crippen MR) is 105 cm³/mol. The Morgan fingerprint density at radius 1 is 0.636 bits per heavy atom. The summed E-state index contributed by atoms with van der Waals surface area (Å²) in [6.07, 6.45) is 18.5. The maximum atomic E-state index is 6.97. The zero-order chi connectivity index (χ0) is 16.0. The minimum Gasteiger partial charge on any atom is -0.325 e. The first-order valence-electron chi connectivity index (χ1n) is 9.93. The molecule has 0 aromatic rings. The first kappa shape index (κ1) is 24.5. The fraction of sp³-hybridized carbons (Fsp3) is 1.00. The highest BCUT2D eigenvalue weighted by Crippen LogP contribution is 2.34. The Hall–Kier alpha value is 0.250. The number of hydrogen-bond acceptors (Lipinski definition) is 1. The van der Waals surface area contributed by atoms with E-state index in [4.69, 9.17) is 5.73 Å². The van der Waals surface area contributed by atoms with Crippen LogP contribution < -0.4 is 5.73 Å². The molecule has 22 heavy (non-hydrogen) atoms. The van der Waals surface area contributed by atoms with Crippen molar-refractivity contribution in [3.05, 3.63) is 0 Å². The van der Waals surface area contributed by atoms with E-state index in [1.165, 1.54) is 89.9 Å². The van der Waals surface area contributed by atoms with Crippen LogP contribution in [0.2, 0.25) is 0 Å². The number of nitrogens with two attached hydrogens (primary N) is 1. The molecule has 0 aromatic carbocycles. The van der Waals surface area contributed by atoms with Crippen molar-refractivity contribution in [3.8, 4) is 0 Å². The molecule has 0 spiro atoms. The molecule has 0 radical (unpaired) electrons. The van der Waals surface area contributed by atoms with Crippen molar-refractivity contribution < 1.29 is 0 Å². The minimum absolute atomic E-state index is 0. The second-order valence-electron chi connectivity index (χ2n) is 7.13. The molecule has 0 bridgehead atoms. The average Bonchev–Trinajstić information content (AvgIpc) is 2.50. The Kier molecular flexibility index (Phi) is 18.0. The highest BCUT2D eigenvalue weighted by molar-refractivity contribution is 5.85. The SMILES string of the molecule is CCCCCCC(CCCC)C(N)(CCCC)CCCC.Cl. The van der Waals surface area contributed by atoms with E-state index in [9.17, 15) is 0 Å². The third-order valence-corrected chi connectivity index (χ3v) is 5.12. The van der Waals surface area contributed by atoms with Crippen molar-refractivity contribution in [2.24, 2.45) is 11.7 Å². The van der Waals surface area contributed by atoms with Crippen LogP contribution in [0, 0.1) is 5.92 Å². The summed E-state index contributed by atoms with van der Waals surface area (Å²) in [7, 11) is 0. The summed E-state index contributed by atoms with van der Waals surface area (Å²) in [5.41, 5.74) is 7.09. The Labute approximate surface area is 147 Å². The Balaban J connectivity index is 0. The summed E-state index contributed by atoms with van der Waals surface area (Å²) in [4.78, 5) is 0. The quantitative estimate of drug-likeness (QED) is 0.313. The van der Waals surface area contributed by atoms with Gasteiger partial charge in [0.05, 0.1) is 0 Å². The van der Waals surface area contributed by atoms with Crippen LogP contribution in [0.1, 0.15) is 118 Å². The largest absolute Gasteiger partial charge is 0.325 e. The Bertz CT molecular complexity index is 210. The molecule has 0 aliphatic rings. The van der Waals surface area contributed by atoms with Crippen molar-refractivity contribution >= 4 is 12.4 Å². The molecule has 0 aromatic heterocycles. The van der Waals surface area contributed by atoms with E-state index in [2.05, 4.69) is 27.7 Å². The first-order chi connectivity index (χ1) is 10.1. The fourth-order valence-corrected chi connectivity index (χ4v) is 3.53. The maximum Gasteiger partial charge on any atom is 0.0182 e. The van der Waals surface area contributed by atoms with Gasteiger partial charge in [-0.1, -0.05) is 91.9 Å². The van der Waals surface area contributed by atoms with Crippen LogP contribution >= 0.6 is 12.4 Å². The van der Waals surface area contributed by atoms with Crippen molar-refractivity contribution in [1.82, 2.24) is 0 Å². The van der Waals surface area contributed by atoms with E-state index in [0.717, 1.165) is 5.92 Å². The lowest BCUT2D eigenvalue weighted by atomic mass is 9.72. The molecule has 136 valence electrons. The number of hydrogen-bond donors (Lipinski definition) is 1. The molecule has 1 nitrogen and oxygen atoms in total. The molecule has 1 atom stereocenters. The summed E-state index contributed by atoms with van der Waals surface area (Å²) in [6, 6.07) is 0. The average molecular weight is 334 g/mol. The van der Waals surface area contributed by atoms with Gasteiger partial charge >= 0.3 is 0 Å². The van der Waals surface area contributed by atoms with Gasteiger partial charge in [-0.25, -0.2) is 0 Å². The molecular weight excluding hydrogens is 290 g/mol. The molecule has 0 saturated carbocycles. The van der Waals surface area contributed by atoms with E-state index < -0.39 is 0 Å². The van der Waals surface area contributed by atoms with Crippen LogP contribution in [0.5, 0.6) is 0 Å². The normalized spacial score (nSPS) is 13.0. The highest BCUT2D eigenvalue weighted by atomic mass is 35.5. The molecule has 2 heteroatoms. The Morgan fingerprint density at radius 2 is 1.09 bits per heavy atom. The van der Waals surface area contributed by atoms with Crippen molar-refractivity contribution in [2.75, 3.05) is 0 Å². The smallest absolute Gasteiger partial charge is 0.0182 e. The van der Waals surface area contributed by atoms with Crippen LogP contribution in [0.3, 0.4) is 0 Å². The monoisotopic (exact) mass is 333 g/mol. The minimum atomic E-state index is 0. The van der Waals surface area contributed by atoms with Crippen molar-refractivity contribution in [1.29, 1.82) is 0 Å². The zero-order valence-corrected chi connectivity index (χ0v) is 16.8. The van der Waals surface area contributed by atoms with E-state index in [1.54, 1.807) is 0 Å². The summed E-state index contributed by atoms with van der Waals surface area (Å²) in [5.74, 6) is 0.757. The molecule has 0 aliphatic heterocycles. The summed E-state index contributed by atoms with van der Waals surface area (Å²) in [5, 5.41) is 0. The molecule has 2 N–H and O–H groups in total. The molecule has 0 amide bonds. The molecule has 0 fully saturated rings. The second-order valence-corrected chi connectivity index (χ2v) is 7.13.